The second-order valence-corrected chi connectivity index (χ2v) is 8.22. The number of aryl methyl sites for hydroxylation is 2. The Bertz CT molecular complexity index is 995. The fraction of sp³-hybridized carbons (Fsp3) is 0.250. The Morgan fingerprint density at radius 1 is 1.17 bits per heavy atom. The smallest absolute Gasteiger partial charge is 0.246 e. The van der Waals surface area contributed by atoms with Crippen LogP contribution in [0.3, 0.4) is 0 Å². The van der Waals surface area contributed by atoms with Crippen molar-refractivity contribution in [1.29, 1.82) is 0 Å². The van der Waals surface area contributed by atoms with Crippen molar-refractivity contribution in [3.8, 4) is 5.75 Å². The highest BCUT2D eigenvalue weighted by Crippen LogP contribution is 2.28. The number of thiazole rings is 1. The number of aromatic nitrogens is 1. The van der Waals surface area contributed by atoms with Gasteiger partial charge in [0, 0.05) is 18.0 Å². The number of likely N-dealkylation sites (N-methyl/N-ethyl adjacent to an activating group) is 1. The van der Waals surface area contributed by atoms with Crippen molar-refractivity contribution in [2.75, 3.05) is 7.05 Å². The van der Waals surface area contributed by atoms with Crippen LogP contribution in [0.5, 0.6) is 5.75 Å². The Labute approximate surface area is 176 Å². The van der Waals surface area contributed by atoms with Gasteiger partial charge in [0.05, 0.1) is 16.7 Å². The van der Waals surface area contributed by atoms with E-state index in [1.54, 1.807) is 22.3 Å². The Hall–Kier alpha value is -2.92. The highest BCUT2D eigenvalue weighted by atomic mass is 32.1. The second kappa shape index (κ2) is 9.52. The lowest BCUT2D eigenvalue weighted by Gasteiger charge is -2.23. The molecular formula is C24H26N2O2S. The molecule has 5 heteroatoms. The highest BCUT2D eigenvalue weighted by molar-refractivity contribution is 7.11. The maximum Gasteiger partial charge on any atom is 0.246 e. The van der Waals surface area contributed by atoms with E-state index in [2.05, 4.69) is 4.98 Å². The van der Waals surface area contributed by atoms with Crippen molar-refractivity contribution in [2.45, 2.75) is 33.4 Å². The summed E-state index contributed by atoms with van der Waals surface area (Å²) in [5.41, 5.74) is 3.04. The summed E-state index contributed by atoms with van der Waals surface area (Å²) in [6, 6.07) is 17.8. The summed E-state index contributed by atoms with van der Waals surface area (Å²) in [7, 11) is 1.82. The number of amides is 1. The summed E-state index contributed by atoms with van der Waals surface area (Å²) in [4.78, 5) is 20.0. The maximum atomic E-state index is 12.6. The van der Waals surface area contributed by atoms with Crippen molar-refractivity contribution in [2.24, 2.45) is 0 Å². The largest absolute Gasteiger partial charge is 0.489 e. The lowest BCUT2D eigenvalue weighted by atomic mass is 10.2. The first kappa shape index (κ1) is 20.8. The predicted molar refractivity (Wildman–Crippen MR) is 119 cm³/mol. The van der Waals surface area contributed by atoms with Gasteiger partial charge in [0.1, 0.15) is 12.4 Å². The van der Waals surface area contributed by atoms with Crippen molar-refractivity contribution in [3.05, 3.63) is 87.4 Å². The van der Waals surface area contributed by atoms with Crippen LogP contribution in [0.4, 0.5) is 0 Å². The van der Waals surface area contributed by atoms with Gasteiger partial charge in [0.2, 0.25) is 5.91 Å². The van der Waals surface area contributed by atoms with Crippen LogP contribution in [-0.4, -0.2) is 22.8 Å². The topological polar surface area (TPSA) is 42.4 Å². The molecule has 0 aliphatic carbocycles. The first-order chi connectivity index (χ1) is 13.9. The summed E-state index contributed by atoms with van der Waals surface area (Å²) < 4.78 is 5.86. The van der Waals surface area contributed by atoms with E-state index in [4.69, 9.17) is 4.74 Å². The number of rotatable bonds is 7. The predicted octanol–water partition coefficient (Wildman–Crippen LogP) is 5.57. The molecule has 150 valence electrons. The first-order valence-electron chi connectivity index (χ1n) is 9.59. The van der Waals surface area contributed by atoms with Gasteiger partial charge in [-0.1, -0.05) is 42.5 Å². The van der Waals surface area contributed by atoms with Crippen molar-refractivity contribution >= 4 is 23.3 Å². The molecule has 3 rings (SSSR count). The summed E-state index contributed by atoms with van der Waals surface area (Å²) in [6.45, 7) is 6.53. The molecule has 1 aromatic heterocycles. The molecule has 4 nitrogen and oxygen atoms in total. The Morgan fingerprint density at radius 3 is 2.62 bits per heavy atom. The molecule has 0 N–H and O–H groups in total. The van der Waals surface area contributed by atoms with Crippen LogP contribution in [0, 0.1) is 13.8 Å². The minimum Gasteiger partial charge on any atom is -0.489 e. The van der Waals surface area contributed by atoms with Gasteiger partial charge in [0.15, 0.2) is 0 Å². The summed E-state index contributed by atoms with van der Waals surface area (Å²) in [5, 5.41) is 1.02. The van der Waals surface area contributed by atoms with Crippen molar-refractivity contribution in [3.63, 3.8) is 0 Å². The number of nitrogens with zero attached hydrogens (tertiary/aromatic N) is 2. The molecule has 0 aliphatic rings. The third-order valence-electron chi connectivity index (χ3n) is 4.77. The third kappa shape index (κ3) is 5.55. The molecule has 1 unspecified atom stereocenters. The molecule has 0 saturated heterocycles. The Morgan fingerprint density at radius 2 is 1.93 bits per heavy atom. The lowest BCUT2D eigenvalue weighted by Crippen LogP contribution is -2.27. The second-order valence-electron chi connectivity index (χ2n) is 6.99. The number of hydrogen-bond acceptors (Lipinski definition) is 4. The minimum absolute atomic E-state index is 0.0149. The number of carbonyl (C=O) groups excluding carboxylic acids is 1. The highest BCUT2D eigenvalue weighted by Gasteiger charge is 2.20. The van der Waals surface area contributed by atoms with Gasteiger partial charge in [-0.15, -0.1) is 11.3 Å². The molecular weight excluding hydrogens is 380 g/mol. The van der Waals surface area contributed by atoms with Crippen LogP contribution in [0.2, 0.25) is 0 Å². The molecule has 0 fully saturated rings. The summed E-state index contributed by atoms with van der Waals surface area (Å²) in [5.74, 6) is 0.736. The van der Waals surface area contributed by atoms with Gasteiger partial charge in [0.25, 0.3) is 0 Å². The zero-order chi connectivity index (χ0) is 20.8. The van der Waals surface area contributed by atoms with E-state index in [9.17, 15) is 4.79 Å². The number of benzene rings is 2. The normalized spacial score (nSPS) is 12.1. The lowest BCUT2D eigenvalue weighted by molar-refractivity contribution is -0.126. The molecule has 0 aliphatic heterocycles. The monoisotopic (exact) mass is 406 g/mol. The molecule has 0 radical (unpaired) electrons. The van der Waals surface area contributed by atoms with E-state index < -0.39 is 0 Å². The quantitative estimate of drug-likeness (QED) is 0.482. The molecule has 1 amide bonds. The van der Waals surface area contributed by atoms with Gasteiger partial charge in [-0.05, 0) is 50.1 Å². The van der Waals surface area contributed by atoms with Gasteiger partial charge >= 0.3 is 0 Å². The average Bonchev–Trinajstić information content (AvgIpc) is 3.08. The summed E-state index contributed by atoms with van der Waals surface area (Å²) in [6.07, 6.45) is 3.43. The standard InChI is InChI=1S/C24H26N2O2S/c1-17-24(29-19(3)25-17)18(2)26(4)23(27)14-13-20-11-8-12-22(15-20)28-16-21-9-6-5-7-10-21/h5-15,18H,16H2,1-4H3/b14-13+. The molecule has 2 aromatic carbocycles. The van der Waals surface area contributed by atoms with Gasteiger partial charge in [-0.25, -0.2) is 4.98 Å². The molecule has 29 heavy (non-hydrogen) atoms. The van der Waals surface area contributed by atoms with Crippen LogP contribution in [0.1, 0.15) is 39.7 Å². The van der Waals surface area contributed by atoms with Gasteiger partial charge < -0.3 is 9.64 Å². The Balaban J connectivity index is 1.62. The van der Waals surface area contributed by atoms with E-state index in [0.717, 1.165) is 32.5 Å². The Kier molecular flexibility index (Phi) is 6.83. The van der Waals surface area contributed by atoms with Crippen LogP contribution in [0.25, 0.3) is 6.08 Å². The van der Waals surface area contributed by atoms with Crippen molar-refractivity contribution in [1.82, 2.24) is 9.88 Å². The average molecular weight is 407 g/mol. The van der Waals surface area contributed by atoms with Crippen LogP contribution < -0.4 is 4.74 Å². The first-order valence-corrected chi connectivity index (χ1v) is 10.4. The van der Waals surface area contributed by atoms with E-state index in [1.807, 2.05) is 88.5 Å². The molecule has 0 saturated carbocycles. The van der Waals surface area contributed by atoms with Gasteiger partial charge in [-0.3, -0.25) is 4.79 Å². The summed E-state index contributed by atoms with van der Waals surface area (Å²) >= 11 is 1.64. The fourth-order valence-corrected chi connectivity index (χ4v) is 4.06. The van der Waals surface area contributed by atoms with Crippen LogP contribution in [0.15, 0.2) is 60.7 Å². The number of carbonyl (C=O) groups is 1. The van der Waals surface area contributed by atoms with Crippen LogP contribution >= 0.6 is 11.3 Å². The van der Waals surface area contributed by atoms with Crippen LogP contribution in [-0.2, 0) is 11.4 Å². The zero-order valence-electron chi connectivity index (χ0n) is 17.3. The third-order valence-corrected chi connectivity index (χ3v) is 6.02. The maximum absolute atomic E-state index is 12.6. The zero-order valence-corrected chi connectivity index (χ0v) is 18.1. The number of ether oxygens (including phenoxy) is 1. The molecule has 1 atom stereocenters. The SMILES string of the molecule is Cc1nc(C)c(C(C)N(C)C(=O)/C=C/c2cccc(OCc3ccccc3)c2)s1. The minimum atomic E-state index is -0.0430. The van der Waals surface area contributed by atoms with E-state index >= 15 is 0 Å². The molecule has 0 bridgehead atoms. The number of hydrogen-bond donors (Lipinski definition) is 0. The molecule has 1 heterocycles. The van der Waals surface area contributed by atoms with Crippen molar-refractivity contribution < 1.29 is 9.53 Å². The van der Waals surface area contributed by atoms with Gasteiger partial charge in [-0.2, -0.15) is 0 Å². The molecule has 0 spiro atoms. The van der Waals surface area contributed by atoms with E-state index in [1.165, 1.54) is 0 Å². The van der Waals surface area contributed by atoms with E-state index in [0.29, 0.717) is 6.61 Å². The molecule has 3 aromatic rings. The van der Waals surface area contributed by atoms with E-state index in [-0.39, 0.29) is 11.9 Å². The fourth-order valence-electron chi connectivity index (χ4n) is 3.04.